The van der Waals surface area contributed by atoms with E-state index in [0.717, 1.165) is 36.6 Å². The number of pyridine rings is 1. The van der Waals surface area contributed by atoms with Gasteiger partial charge in [0.05, 0.1) is 35.6 Å². The molecule has 1 aliphatic rings. The van der Waals surface area contributed by atoms with Crippen molar-refractivity contribution in [3.05, 3.63) is 57.8 Å². The molecule has 1 aliphatic heterocycles. The minimum Gasteiger partial charge on any atom is -0.497 e. The highest BCUT2D eigenvalue weighted by atomic mass is 35.5. The number of morpholine rings is 1. The van der Waals surface area contributed by atoms with Crippen LogP contribution in [-0.4, -0.2) is 36.7 Å². The zero-order valence-corrected chi connectivity index (χ0v) is 14.3. The zero-order chi connectivity index (χ0) is 16.2. The molecule has 3 rings (SSSR count). The third-order valence-corrected chi connectivity index (χ3v) is 4.61. The number of rotatable bonds is 4. The van der Waals surface area contributed by atoms with Gasteiger partial charge in [-0.25, -0.2) is 0 Å². The van der Waals surface area contributed by atoms with E-state index in [4.69, 9.17) is 32.7 Å². The monoisotopic (exact) mass is 352 g/mol. The van der Waals surface area contributed by atoms with Gasteiger partial charge < -0.3 is 9.47 Å². The fraction of sp³-hybridized carbons (Fsp3) is 0.353. The minimum atomic E-state index is -0.0101. The highest BCUT2D eigenvalue weighted by Crippen LogP contribution is 2.29. The summed E-state index contributed by atoms with van der Waals surface area (Å²) in [4.78, 5) is 6.72. The molecule has 0 radical (unpaired) electrons. The number of hydrogen-bond donors (Lipinski definition) is 0. The lowest BCUT2D eigenvalue weighted by Gasteiger charge is -2.33. The summed E-state index contributed by atoms with van der Waals surface area (Å²) < 4.78 is 11.1. The molecule has 1 unspecified atom stereocenters. The first-order valence-corrected chi connectivity index (χ1v) is 8.19. The molecule has 1 atom stereocenters. The summed E-state index contributed by atoms with van der Waals surface area (Å²) in [5.74, 6) is 0.823. The van der Waals surface area contributed by atoms with Crippen LogP contribution in [0.1, 0.15) is 17.4 Å². The molecule has 1 aromatic heterocycles. The average Bonchev–Trinajstić information content (AvgIpc) is 2.58. The van der Waals surface area contributed by atoms with E-state index in [1.54, 1.807) is 13.3 Å². The molecule has 1 saturated heterocycles. The number of hydrogen-bond acceptors (Lipinski definition) is 4. The van der Waals surface area contributed by atoms with Crippen molar-refractivity contribution in [2.75, 3.05) is 26.8 Å². The van der Waals surface area contributed by atoms with E-state index in [1.807, 2.05) is 30.3 Å². The summed E-state index contributed by atoms with van der Waals surface area (Å²) in [5, 5.41) is 1.11. The molecular formula is C17H18Cl2N2O2. The maximum absolute atomic E-state index is 6.11. The van der Waals surface area contributed by atoms with Gasteiger partial charge in [-0.2, -0.15) is 0 Å². The first-order valence-electron chi connectivity index (χ1n) is 7.43. The molecule has 2 aromatic rings. The second-order valence-electron chi connectivity index (χ2n) is 5.46. The van der Waals surface area contributed by atoms with E-state index >= 15 is 0 Å². The Hall–Kier alpha value is -1.33. The van der Waals surface area contributed by atoms with Crippen molar-refractivity contribution in [2.24, 2.45) is 0 Å². The van der Waals surface area contributed by atoms with Crippen LogP contribution in [0.25, 0.3) is 0 Å². The van der Waals surface area contributed by atoms with Crippen LogP contribution < -0.4 is 4.74 Å². The topological polar surface area (TPSA) is 34.6 Å². The Kier molecular flexibility index (Phi) is 5.38. The smallest absolute Gasteiger partial charge is 0.122 e. The number of aromatic nitrogens is 1. The molecule has 0 bridgehead atoms. The molecule has 0 saturated carbocycles. The van der Waals surface area contributed by atoms with Crippen molar-refractivity contribution in [1.29, 1.82) is 0 Å². The highest BCUT2D eigenvalue weighted by Gasteiger charge is 2.23. The zero-order valence-electron chi connectivity index (χ0n) is 12.8. The normalized spacial score (nSPS) is 18.8. The lowest BCUT2D eigenvalue weighted by molar-refractivity contribution is -0.0332. The van der Waals surface area contributed by atoms with Crippen molar-refractivity contribution in [2.45, 2.75) is 12.6 Å². The summed E-state index contributed by atoms with van der Waals surface area (Å²) >= 11 is 12.1. The van der Waals surface area contributed by atoms with E-state index in [1.165, 1.54) is 0 Å². The molecule has 1 fully saturated rings. The fourth-order valence-corrected chi connectivity index (χ4v) is 2.97. The second-order valence-corrected chi connectivity index (χ2v) is 6.27. The quantitative estimate of drug-likeness (QED) is 0.833. The van der Waals surface area contributed by atoms with E-state index in [-0.39, 0.29) is 6.10 Å². The van der Waals surface area contributed by atoms with Crippen LogP contribution in [-0.2, 0) is 11.3 Å². The van der Waals surface area contributed by atoms with Gasteiger partial charge in [0, 0.05) is 31.9 Å². The lowest BCUT2D eigenvalue weighted by Crippen LogP contribution is -2.38. The summed E-state index contributed by atoms with van der Waals surface area (Å²) in [5.41, 5.74) is 2.03. The third-order valence-electron chi connectivity index (χ3n) is 3.88. The molecular weight excluding hydrogens is 335 g/mol. The van der Waals surface area contributed by atoms with Crippen LogP contribution in [0.15, 0.2) is 36.5 Å². The van der Waals surface area contributed by atoms with Crippen molar-refractivity contribution in [1.82, 2.24) is 9.88 Å². The van der Waals surface area contributed by atoms with Gasteiger partial charge >= 0.3 is 0 Å². The first-order chi connectivity index (χ1) is 11.2. The standard InChI is InChI=1S/C17H18Cl2N2O2/c1-22-14-4-5-20-13(9-14)10-21-6-7-23-17(11-21)12-2-3-15(18)16(19)8-12/h2-5,8-9,17H,6-7,10-11H2,1H3. The van der Waals surface area contributed by atoms with E-state index < -0.39 is 0 Å². The molecule has 4 nitrogen and oxygen atoms in total. The van der Waals surface area contributed by atoms with Crippen LogP contribution in [0.2, 0.25) is 10.0 Å². The van der Waals surface area contributed by atoms with Crippen molar-refractivity contribution >= 4 is 23.2 Å². The predicted octanol–water partition coefficient (Wildman–Crippen LogP) is 3.97. The van der Waals surface area contributed by atoms with E-state index in [2.05, 4.69) is 9.88 Å². The molecule has 23 heavy (non-hydrogen) atoms. The fourth-order valence-electron chi connectivity index (χ4n) is 2.66. The summed E-state index contributed by atoms with van der Waals surface area (Å²) in [7, 11) is 1.66. The number of nitrogens with zero attached hydrogens (tertiary/aromatic N) is 2. The van der Waals surface area contributed by atoms with Gasteiger partial charge in [-0.1, -0.05) is 29.3 Å². The molecule has 1 aromatic carbocycles. The van der Waals surface area contributed by atoms with Gasteiger partial charge in [-0.05, 0) is 23.8 Å². The van der Waals surface area contributed by atoms with E-state index in [0.29, 0.717) is 16.7 Å². The van der Waals surface area contributed by atoms with Gasteiger partial charge in [0.15, 0.2) is 0 Å². The third kappa shape index (κ3) is 4.15. The van der Waals surface area contributed by atoms with E-state index in [9.17, 15) is 0 Å². The van der Waals surface area contributed by atoms with Crippen LogP contribution >= 0.6 is 23.2 Å². The van der Waals surface area contributed by atoms with Crippen LogP contribution in [0.5, 0.6) is 5.75 Å². The Balaban J connectivity index is 1.69. The molecule has 122 valence electrons. The van der Waals surface area contributed by atoms with Gasteiger partial charge in [-0.3, -0.25) is 9.88 Å². The van der Waals surface area contributed by atoms with Crippen molar-refractivity contribution < 1.29 is 9.47 Å². The van der Waals surface area contributed by atoms with Crippen LogP contribution in [0.4, 0.5) is 0 Å². The van der Waals surface area contributed by atoms with Crippen LogP contribution in [0, 0.1) is 0 Å². The first kappa shape index (κ1) is 16.5. The molecule has 2 heterocycles. The van der Waals surface area contributed by atoms with Gasteiger partial charge in [-0.15, -0.1) is 0 Å². The Morgan fingerprint density at radius 2 is 2.13 bits per heavy atom. The largest absolute Gasteiger partial charge is 0.497 e. The number of halogens is 2. The minimum absolute atomic E-state index is 0.0101. The molecule has 0 aliphatic carbocycles. The maximum atomic E-state index is 6.11. The Morgan fingerprint density at radius 1 is 1.26 bits per heavy atom. The number of benzene rings is 1. The molecule has 0 spiro atoms. The van der Waals surface area contributed by atoms with Crippen molar-refractivity contribution in [3.63, 3.8) is 0 Å². The Labute approximate surface area is 145 Å². The molecule has 0 N–H and O–H groups in total. The van der Waals surface area contributed by atoms with Gasteiger partial charge in [0.25, 0.3) is 0 Å². The Morgan fingerprint density at radius 3 is 2.91 bits per heavy atom. The summed E-state index contributed by atoms with van der Waals surface area (Å²) in [6.45, 7) is 3.10. The predicted molar refractivity (Wildman–Crippen MR) is 91.2 cm³/mol. The highest BCUT2D eigenvalue weighted by molar-refractivity contribution is 6.42. The second kappa shape index (κ2) is 7.49. The van der Waals surface area contributed by atoms with Crippen molar-refractivity contribution in [3.8, 4) is 5.75 Å². The lowest BCUT2D eigenvalue weighted by atomic mass is 10.1. The summed E-state index contributed by atoms with van der Waals surface area (Å²) in [6.07, 6.45) is 1.76. The maximum Gasteiger partial charge on any atom is 0.122 e. The number of methoxy groups -OCH3 is 1. The SMILES string of the molecule is COc1ccnc(CN2CCOC(c3ccc(Cl)c(Cl)c3)C2)c1. The van der Waals surface area contributed by atoms with Crippen LogP contribution in [0.3, 0.4) is 0 Å². The van der Waals surface area contributed by atoms with Gasteiger partial charge in [0.1, 0.15) is 5.75 Å². The van der Waals surface area contributed by atoms with Gasteiger partial charge in [0.2, 0.25) is 0 Å². The summed E-state index contributed by atoms with van der Waals surface area (Å²) in [6, 6.07) is 9.46. The number of ether oxygens (including phenoxy) is 2. The molecule has 6 heteroatoms. The molecule has 0 amide bonds. The Bertz CT molecular complexity index is 681. The average molecular weight is 353 g/mol.